The van der Waals surface area contributed by atoms with Crippen LogP contribution in [0.5, 0.6) is 0 Å². The maximum atomic E-state index is 11.1. The number of rotatable bonds is 4. The summed E-state index contributed by atoms with van der Waals surface area (Å²) in [6.07, 6.45) is 0.609. The van der Waals surface area contributed by atoms with Gasteiger partial charge in [-0.1, -0.05) is 6.07 Å². The van der Waals surface area contributed by atoms with Crippen LogP contribution in [0.4, 0.5) is 17.1 Å². The number of anilines is 2. The Bertz CT molecular complexity index is 661. The molecule has 0 unspecified atom stereocenters. The maximum absolute atomic E-state index is 11.1. The fourth-order valence-electron chi connectivity index (χ4n) is 2.08. The summed E-state index contributed by atoms with van der Waals surface area (Å²) in [4.78, 5) is 21.2. The van der Waals surface area contributed by atoms with Crippen molar-refractivity contribution in [3.8, 4) is 0 Å². The molecular weight excluding hydrogens is 256 g/mol. The molecule has 0 spiro atoms. The Balaban J connectivity index is 2.37. The molecule has 0 aliphatic heterocycles. The quantitative estimate of drug-likeness (QED) is 0.521. The van der Waals surface area contributed by atoms with Crippen LogP contribution in [0.3, 0.4) is 0 Å². The molecule has 0 fully saturated rings. The zero-order chi connectivity index (χ0) is 14.7. The molecule has 0 aliphatic carbocycles. The second-order valence-corrected chi connectivity index (χ2v) is 4.65. The summed E-state index contributed by atoms with van der Waals surface area (Å²) in [5.74, 6) is 0. The fourth-order valence-corrected chi connectivity index (χ4v) is 2.08. The third-order valence-corrected chi connectivity index (χ3v) is 2.87. The first-order chi connectivity index (χ1) is 9.49. The molecule has 5 heteroatoms. The highest BCUT2D eigenvalue weighted by Gasteiger charge is 2.10. The minimum atomic E-state index is -0.520. The third kappa shape index (κ3) is 3.00. The van der Waals surface area contributed by atoms with Crippen molar-refractivity contribution in [2.75, 3.05) is 5.32 Å². The smallest absolute Gasteiger partial charge is 0.270 e. The number of benzene rings is 2. The Hall–Kier alpha value is -2.69. The maximum Gasteiger partial charge on any atom is 0.270 e. The summed E-state index contributed by atoms with van der Waals surface area (Å²) in [5.41, 5.74) is 3.76. The van der Waals surface area contributed by atoms with E-state index in [2.05, 4.69) is 5.32 Å². The topological polar surface area (TPSA) is 72.2 Å². The highest BCUT2D eigenvalue weighted by molar-refractivity contribution is 5.87. The van der Waals surface area contributed by atoms with Crippen LogP contribution in [-0.2, 0) is 0 Å². The number of carbonyl (C=O) groups excluding carboxylic acids is 1. The van der Waals surface area contributed by atoms with Crippen LogP contribution in [0, 0.1) is 24.0 Å². The number of aryl methyl sites for hydroxylation is 2. The van der Waals surface area contributed by atoms with Crippen molar-refractivity contribution < 1.29 is 9.72 Å². The Morgan fingerprint density at radius 2 is 1.75 bits per heavy atom. The Kier molecular flexibility index (Phi) is 3.79. The van der Waals surface area contributed by atoms with Gasteiger partial charge in [0.15, 0.2) is 6.29 Å². The average molecular weight is 270 g/mol. The number of nitrogens with zero attached hydrogens (tertiary/aromatic N) is 1. The van der Waals surface area contributed by atoms with E-state index in [1.165, 1.54) is 12.1 Å². The van der Waals surface area contributed by atoms with Crippen molar-refractivity contribution in [1.82, 2.24) is 0 Å². The van der Waals surface area contributed by atoms with Gasteiger partial charge in [-0.15, -0.1) is 0 Å². The average Bonchev–Trinajstić information content (AvgIpc) is 2.37. The van der Waals surface area contributed by atoms with Gasteiger partial charge in [0.1, 0.15) is 0 Å². The predicted molar refractivity (Wildman–Crippen MR) is 77.7 cm³/mol. The first kappa shape index (κ1) is 13.7. The van der Waals surface area contributed by atoms with Gasteiger partial charge in [-0.3, -0.25) is 14.9 Å². The van der Waals surface area contributed by atoms with Crippen molar-refractivity contribution in [3.63, 3.8) is 0 Å². The van der Waals surface area contributed by atoms with Crippen LogP contribution >= 0.6 is 0 Å². The zero-order valence-corrected chi connectivity index (χ0v) is 11.2. The summed E-state index contributed by atoms with van der Waals surface area (Å²) >= 11 is 0. The predicted octanol–water partition coefficient (Wildman–Crippen LogP) is 3.77. The van der Waals surface area contributed by atoms with Crippen molar-refractivity contribution in [1.29, 1.82) is 0 Å². The Labute approximate surface area is 116 Å². The lowest BCUT2D eigenvalue weighted by atomic mass is 10.1. The summed E-state index contributed by atoms with van der Waals surface area (Å²) < 4.78 is 0. The number of nitro groups is 1. The van der Waals surface area contributed by atoms with Gasteiger partial charge in [-0.2, -0.15) is 0 Å². The number of nitrogens with one attached hydrogen (secondary N) is 1. The van der Waals surface area contributed by atoms with Crippen LogP contribution < -0.4 is 5.32 Å². The third-order valence-electron chi connectivity index (χ3n) is 2.87. The largest absolute Gasteiger partial charge is 0.355 e. The van der Waals surface area contributed by atoms with E-state index in [4.69, 9.17) is 0 Å². The van der Waals surface area contributed by atoms with E-state index in [1.807, 2.05) is 32.0 Å². The molecule has 0 saturated heterocycles. The summed E-state index contributed by atoms with van der Waals surface area (Å²) in [6.45, 7) is 3.96. The van der Waals surface area contributed by atoms with Crippen molar-refractivity contribution in [2.24, 2.45) is 0 Å². The van der Waals surface area contributed by atoms with E-state index in [0.717, 1.165) is 16.8 Å². The molecule has 0 aliphatic rings. The molecule has 2 aromatic rings. The highest BCUT2D eigenvalue weighted by Crippen LogP contribution is 2.25. The summed E-state index contributed by atoms with van der Waals surface area (Å²) in [6, 6.07) is 10.1. The monoisotopic (exact) mass is 270 g/mol. The van der Waals surface area contributed by atoms with Crippen LogP contribution in [0.2, 0.25) is 0 Å². The number of nitro benzene ring substituents is 1. The summed E-state index contributed by atoms with van der Waals surface area (Å²) in [5, 5.41) is 13.8. The number of carbonyl (C=O) groups is 1. The molecule has 5 nitrogen and oxygen atoms in total. The molecule has 2 rings (SSSR count). The molecule has 0 atom stereocenters. The number of non-ortho nitro benzene ring substituents is 1. The molecule has 0 amide bonds. The van der Waals surface area contributed by atoms with Crippen molar-refractivity contribution >= 4 is 23.3 Å². The van der Waals surface area contributed by atoms with Gasteiger partial charge < -0.3 is 5.32 Å². The van der Waals surface area contributed by atoms with Crippen LogP contribution in [-0.4, -0.2) is 11.2 Å². The second-order valence-electron chi connectivity index (χ2n) is 4.65. The molecule has 102 valence electrons. The van der Waals surface area contributed by atoms with Crippen LogP contribution in [0.1, 0.15) is 21.5 Å². The Morgan fingerprint density at radius 3 is 2.30 bits per heavy atom. The van der Waals surface area contributed by atoms with Gasteiger partial charge in [-0.05, 0) is 43.2 Å². The van der Waals surface area contributed by atoms with E-state index >= 15 is 0 Å². The van der Waals surface area contributed by atoms with Gasteiger partial charge in [0.05, 0.1) is 4.92 Å². The molecule has 0 radical (unpaired) electrons. The minimum absolute atomic E-state index is 0.0990. The molecule has 2 aromatic carbocycles. The minimum Gasteiger partial charge on any atom is -0.355 e. The molecular formula is C15H14N2O3. The lowest BCUT2D eigenvalue weighted by Gasteiger charge is -2.10. The summed E-state index contributed by atoms with van der Waals surface area (Å²) in [7, 11) is 0. The number of aldehydes is 1. The van der Waals surface area contributed by atoms with Gasteiger partial charge in [0, 0.05) is 29.1 Å². The SMILES string of the molecule is Cc1cc(C)cc(Nc2ccc([N+](=O)[O-])cc2C=O)c1. The van der Waals surface area contributed by atoms with Gasteiger partial charge >= 0.3 is 0 Å². The molecule has 0 bridgehead atoms. The standard InChI is InChI=1S/C15H14N2O3/c1-10-5-11(2)7-13(6-10)16-15-4-3-14(17(19)20)8-12(15)9-18/h3-9,16H,1-2H3. The first-order valence-electron chi connectivity index (χ1n) is 6.08. The molecule has 0 aromatic heterocycles. The number of hydrogen-bond acceptors (Lipinski definition) is 4. The van der Waals surface area contributed by atoms with Crippen LogP contribution in [0.15, 0.2) is 36.4 Å². The van der Waals surface area contributed by atoms with Crippen molar-refractivity contribution in [3.05, 3.63) is 63.2 Å². The fraction of sp³-hybridized carbons (Fsp3) is 0.133. The normalized spacial score (nSPS) is 10.1. The van der Waals surface area contributed by atoms with E-state index in [-0.39, 0.29) is 11.3 Å². The highest BCUT2D eigenvalue weighted by atomic mass is 16.6. The van der Waals surface area contributed by atoms with E-state index < -0.39 is 4.92 Å². The van der Waals surface area contributed by atoms with Crippen molar-refractivity contribution in [2.45, 2.75) is 13.8 Å². The molecule has 1 N–H and O–H groups in total. The van der Waals surface area contributed by atoms with E-state index in [1.54, 1.807) is 6.07 Å². The van der Waals surface area contributed by atoms with Gasteiger partial charge in [-0.25, -0.2) is 0 Å². The molecule has 0 heterocycles. The van der Waals surface area contributed by atoms with Crippen LogP contribution in [0.25, 0.3) is 0 Å². The molecule has 20 heavy (non-hydrogen) atoms. The lowest BCUT2D eigenvalue weighted by molar-refractivity contribution is -0.384. The molecule has 0 saturated carbocycles. The number of hydrogen-bond donors (Lipinski definition) is 1. The first-order valence-corrected chi connectivity index (χ1v) is 6.08. The van der Waals surface area contributed by atoms with Gasteiger partial charge in [0.25, 0.3) is 5.69 Å². The zero-order valence-electron chi connectivity index (χ0n) is 11.2. The Morgan fingerprint density at radius 1 is 1.10 bits per heavy atom. The van der Waals surface area contributed by atoms with Gasteiger partial charge in [0.2, 0.25) is 0 Å². The second kappa shape index (κ2) is 5.52. The lowest BCUT2D eigenvalue weighted by Crippen LogP contribution is -1.98. The van der Waals surface area contributed by atoms with E-state index in [0.29, 0.717) is 12.0 Å². The van der Waals surface area contributed by atoms with E-state index in [9.17, 15) is 14.9 Å².